The van der Waals surface area contributed by atoms with Gasteiger partial charge in [-0.25, -0.2) is 0 Å². The Labute approximate surface area is 102 Å². The lowest BCUT2D eigenvalue weighted by molar-refractivity contribution is 0.0754. The van der Waals surface area contributed by atoms with Gasteiger partial charge < -0.3 is 10.6 Å². The zero-order valence-corrected chi connectivity index (χ0v) is 10.2. The number of hydrogen-bond donors (Lipinski definition) is 1. The van der Waals surface area contributed by atoms with Gasteiger partial charge in [0.15, 0.2) is 0 Å². The van der Waals surface area contributed by atoms with Crippen LogP contribution in [0.15, 0.2) is 24.3 Å². The lowest BCUT2D eigenvalue weighted by atomic mass is 10.1. The maximum Gasteiger partial charge on any atom is 0.255 e. The largest absolute Gasteiger partial charge is 0.398 e. The van der Waals surface area contributed by atoms with E-state index in [-0.39, 0.29) is 11.8 Å². The molecule has 1 amide bonds. The van der Waals surface area contributed by atoms with Crippen LogP contribution in [0.5, 0.6) is 0 Å². The molecule has 1 rings (SSSR count). The number of anilines is 1. The van der Waals surface area contributed by atoms with Crippen LogP contribution in [-0.4, -0.2) is 23.9 Å². The molecule has 1 aromatic carbocycles. The lowest BCUT2D eigenvalue weighted by Gasteiger charge is -2.22. The van der Waals surface area contributed by atoms with Crippen molar-refractivity contribution in [3.05, 3.63) is 29.8 Å². The summed E-state index contributed by atoms with van der Waals surface area (Å²) in [5.74, 6) is -0.295. The summed E-state index contributed by atoms with van der Waals surface area (Å²) in [5.41, 5.74) is 6.74. The minimum absolute atomic E-state index is 0.118. The highest BCUT2D eigenvalue weighted by Crippen LogP contribution is 2.14. The van der Waals surface area contributed by atoms with Gasteiger partial charge in [0.25, 0.3) is 5.91 Å². The first kappa shape index (κ1) is 13.0. The van der Waals surface area contributed by atoms with Gasteiger partial charge in [0, 0.05) is 18.8 Å². The minimum atomic E-state index is -0.177. The smallest absolute Gasteiger partial charge is 0.255 e. The fourth-order valence-electron chi connectivity index (χ4n) is 1.59. The highest BCUT2D eigenvalue weighted by atomic mass is 16.2. The number of benzene rings is 1. The fraction of sp³-hybridized carbons (Fsp3) is 0.385. The fourth-order valence-corrected chi connectivity index (χ4v) is 1.59. The van der Waals surface area contributed by atoms with Crippen LogP contribution in [0.4, 0.5) is 5.69 Å². The number of nitrogens with two attached hydrogens (primary N) is 1. The van der Waals surface area contributed by atoms with Crippen LogP contribution in [0.1, 0.15) is 24.2 Å². The summed E-state index contributed by atoms with van der Waals surface area (Å²) >= 11 is 0. The summed E-state index contributed by atoms with van der Waals surface area (Å²) in [6, 6.07) is 9.11. The molecule has 0 aliphatic rings. The second-order valence-corrected chi connectivity index (χ2v) is 3.96. The minimum Gasteiger partial charge on any atom is -0.398 e. The molecular weight excluding hydrogens is 214 g/mol. The molecule has 17 heavy (non-hydrogen) atoms. The van der Waals surface area contributed by atoms with Crippen molar-refractivity contribution < 1.29 is 4.79 Å². The number of carbonyl (C=O) groups is 1. The first-order chi connectivity index (χ1) is 8.10. The van der Waals surface area contributed by atoms with Crippen molar-refractivity contribution in [1.82, 2.24) is 4.90 Å². The molecule has 4 nitrogen and oxygen atoms in total. The molecular formula is C13H17N3O. The number of nitrogen functional groups attached to an aromatic ring is 1. The van der Waals surface area contributed by atoms with E-state index < -0.39 is 0 Å². The van der Waals surface area contributed by atoms with Crippen molar-refractivity contribution in [3.63, 3.8) is 0 Å². The van der Waals surface area contributed by atoms with Crippen molar-refractivity contribution in [2.24, 2.45) is 5.92 Å². The second-order valence-electron chi connectivity index (χ2n) is 3.96. The molecule has 0 saturated heterocycles. The van der Waals surface area contributed by atoms with Crippen LogP contribution in [-0.2, 0) is 0 Å². The van der Waals surface area contributed by atoms with E-state index in [4.69, 9.17) is 11.0 Å². The third-order valence-electron chi connectivity index (χ3n) is 2.57. The topological polar surface area (TPSA) is 70.1 Å². The molecule has 1 atom stereocenters. The van der Waals surface area contributed by atoms with Gasteiger partial charge in [0.2, 0.25) is 0 Å². The zero-order chi connectivity index (χ0) is 12.8. The summed E-state index contributed by atoms with van der Waals surface area (Å²) in [6.07, 6.45) is 0. The zero-order valence-electron chi connectivity index (χ0n) is 10.2. The maximum absolute atomic E-state index is 12.2. The molecule has 2 N–H and O–H groups in total. The van der Waals surface area contributed by atoms with E-state index in [0.717, 1.165) is 0 Å². The molecule has 0 radical (unpaired) electrons. The molecule has 90 valence electrons. The number of para-hydroxylation sites is 1. The first-order valence-corrected chi connectivity index (χ1v) is 5.63. The lowest BCUT2D eigenvalue weighted by Crippen LogP contribution is -2.34. The molecule has 0 aliphatic heterocycles. The van der Waals surface area contributed by atoms with Gasteiger partial charge in [-0.05, 0) is 26.0 Å². The van der Waals surface area contributed by atoms with E-state index in [1.165, 1.54) is 0 Å². The van der Waals surface area contributed by atoms with Gasteiger partial charge in [0.1, 0.15) is 0 Å². The molecule has 1 unspecified atom stereocenters. The normalized spacial score (nSPS) is 11.6. The van der Waals surface area contributed by atoms with Crippen molar-refractivity contribution >= 4 is 11.6 Å². The van der Waals surface area contributed by atoms with Gasteiger partial charge in [-0.2, -0.15) is 5.26 Å². The van der Waals surface area contributed by atoms with Crippen molar-refractivity contribution in [2.75, 3.05) is 18.8 Å². The number of nitrogens with zero attached hydrogens (tertiary/aromatic N) is 2. The monoisotopic (exact) mass is 231 g/mol. The number of nitriles is 1. The molecule has 0 spiro atoms. The van der Waals surface area contributed by atoms with Gasteiger partial charge in [0.05, 0.1) is 17.6 Å². The average Bonchev–Trinajstić information content (AvgIpc) is 2.35. The van der Waals surface area contributed by atoms with E-state index >= 15 is 0 Å². The Balaban J connectivity index is 2.88. The predicted molar refractivity (Wildman–Crippen MR) is 67.2 cm³/mol. The van der Waals surface area contributed by atoms with Crippen LogP contribution < -0.4 is 5.73 Å². The van der Waals surface area contributed by atoms with Crippen LogP contribution in [0.25, 0.3) is 0 Å². The summed E-state index contributed by atoms with van der Waals surface area (Å²) in [4.78, 5) is 13.8. The molecule has 0 bridgehead atoms. The Kier molecular flexibility index (Phi) is 4.53. The summed E-state index contributed by atoms with van der Waals surface area (Å²) in [5, 5.41) is 8.77. The Morgan fingerprint density at radius 2 is 2.18 bits per heavy atom. The summed E-state index contributed by atoms with van der Waals surface area (Å²) in [6.45, 7) is 4.69. The van der Waals surface area contributed by atoms with Crippen LogP contribution >= 0.6 is 0 Å². The van der Waals surface area contributed by atoms with Crippen LogP contribution in [0.3, 0.4) is 0 Å². The highest BCUT2D eigenvalue weighted by molar-refractivity contribution is 5.99. The standard InChI is InChI=1S/C13H17N3O/c1-3-16(9-10(2)8-14)13(17)11-6-4-5-7-12(11)15/h4-7,10H,3,9,15H2,1-2H3. The number of amides is 1. The van der Waals surface area contributed by atoms with Crippen LogP contribution in [0.2, 0.25) is 0 Å². The van der Waals surface area contributed by atoms with Crippen molar-refractivity contribution in [3.8, 4) is 6.07 Å². The molecule has 0 aromatic heterocycles. The number of carbonyl (C=O) groups excluding carboxylic acids is 1. The maximum atomic E-state index is 12.2. The molecule has 0 saturated carbocycles. The quantitative estimate of drug-likeness (QED) is 0.804. The van der Waals surface area contributed by atoms with E-state index in [1.54, 1.807) is 36.1 Å². The van der Waals surface area contributed by atoms with Crippen LogP contribution in [0, 0.1) is 17.2 Å². The van der Waals surface area contributed by atoms with E-state index in [1.807, 2.05) is 6.92 Å². The van der Waals surface area contributed by atoms with Gasteiger partial charge in [-0.15, -0.1) is 0 Å². The Morgan fingerprint density at radius 3 is 2.71 bits per heavy atom. The first-order valence-electron chi connectivity index (χ1n) is 5.63. The molecule has 4 heteroatoms. The Morgan fingerprint density at radius 1 is 1.53 bits per heavy atom. The Bertz CT molecular complexity index is 437. The molecule has 1 aromatic rings. The third-order valence-corrected chi connectivity index (χ3v) is 2.57. The number of hydrogen-bond acceptors (Lipinski definition) is 3. The second kappa shape index (κ2) is 5.90. The number of rotatable bonds is 4. The summed E-state index contributed by atoms with van der Waals surface area (Å²) < 4.78 is 0. The molecule has 0 fully saturated rings. The van der Waals surface area contributed by atoms with Gasteiger partial charge in [-0.1, -0.05) is 12.1 Å². The molecule has 0 aliphatic carbocycles. The average molecular weight is 231 g/mol. The van der Waals surface area contributed by atoms with Crippen molar-refractivity contribution in [1.29, 1.82) is 5.26 Å². The van der Waals surface area contributed by atoms with E-state index in [0.29, 0.717) is 24.3 Å². The van der Waals surface area contributed by atoms with E-state index in [9.17, 15) is 4.79 Å². The third kappa shape index (κ3) is 3.22. The van der Waals surface area contributed by atoms with Gasteiger partial charge in [-0.3, -0.25) is 4.79 Å². The Hall–Kier alpha value is -2.02. The highest BCUT2D eigenvalue weighted by Gasteiger charge is 2.18. The van der Waals surface area contributed by atoms with Gasteiger partial charge >= 0.3 is 0 Å². The predicted octanol–water partition coefficient (Wildman–Crippen LogP) is 1.89. The molecule has 0 heterocycles. The van der Waals surface area contributed by atoms with E-state index in [2.05, 4.69) is 6.07 Å². The van der Waals surface area contributed by atoms with Crippen molar-refractivity contribution in [2.45, 2.75) is 13.8 Å². The summed E-state index contributed by atoms with van der Waals surface area (Å²) in [7, 11) is 0. The SMILES string of the molecule is CCN(CC(C)C#N)C(=O)c1ccccc1N.